The molecule has 1 heterocycles. The minimum atomic E-state index is -0.256. The van der Waals surface area contributed by atoms with Gasteiger partial charge in [0.15, 0.2) is 0 Å². The van der Waals surface area contributed by atoms with Crippen molar-refractivity contribution >= 4 is 34.8 Å². The van der Waals surface area contributed by atoms with E-state index in [9.17, 15) is 9.59 Å². The topological polar surface area (TPSA) is 88.1 Å². The molecule has 0 bridgehead atoms. The van der Waals surface area contributed by atoms with E-state index in [0.29, 0.717) is 22.0 Å². The molecule has 8 heteroatoms. The van der Waals surface area contributed by atoms with Crippen molar-refractivity contribution in [3.8, 4) is 0 Å². The lowest BCUT2D eigenvalue weighted by Gasteiger charge is -2.12. The minimum absolute atomic E-state index is 0.00187. The van der Waals surface area contributed by atoms with E-state index in [-0.39, 0.29) is 18.4 Å². The number of halogens is 1. The average molecular weight is 350 g/mol. The fraction of sp³-hybridized carbons (Fsp3) is 0.312. The molecule has 24 heavy (non-hydrogen) atoms. The van der Waals surface area contributed by atoms with Crippen LogP contribution >= 0.6 is 11.6 Å². The van der Waals surface area contributed by atoms with E-state index in [0.717, 1.165) is 11.4 Å². The van der Waals surface area contributed by atoms with E-state index in [2.05, 4.69) is 21.0 Å². The Kier molecular flexibility index (Phi) is 5.46. The molecule has 0 aliphatic heterocycles. The highest BCUT2D eigenvalue weighted by atomic mass is 35.5. The number of aryl methyl sites for hydroxylation is 2. The Morgan fingerprint density at radius 3 is 2.58 bits per heavy atom. The van der Waals surface area contributed by atoms with Crippen molar-refractivity contribution in [2.45, 2.75) is 13.8 Å². The largest absolute Gasteiger partial charge is 0.375 e. The van der Waals surface area contributed by atoms with Crippen LogP contribution in [0.3, 0.4) is 0 Å². The molecule has 0 aliphatic rings. The van der Waals surface area contributed by atoms with Crippen LogP contribution in [0.2, 0.25) is 5.02 Å². The van der Waals surface area contributed by atoms with Crippen LogP contribution in [0, 0.1) is 13.8 Å². The first-order valence-electron chi connectivity index (χ1n) is 7.39. The van der Waals surface area contributed by atoms with Crippen LogP contribution in [0.25, 0.3) is 0 Å². The van der Waals surface area contributed by atoms with E-state index in [4.69, 9.17) is 11.6 Å². The Bertz CT molecular complexity index is 785. The number of hydrogen-bond donors (Lipinski definition) is 3. The van der Waals surface area contributed by atoms with Crippen molar-refractivity contribution in [1.82, 2.24) is 15.1 Å². The van der Waals surface area contributed by atoms with E-state index >= 15 is 0 Å². The molecule has 3 N–H and O–H groups in total. The van der Waals surface area contributed by atoms with Crippen molar-refractivity contribution in [1.29, 1.82) is 0 Å². The monoisotopic (exact) mass is 349 g/mol. The van der Waals surface area contributed by atoms with Crippen LogP contribution in [0.15, 0.2) is 18.2 Å². The molecule has 1 aromatic heterocycles. The van der Waals surface area contributed by atoms with Gasteiger partial charge in [-0.3, -0.25) is 14.3 Å². The third kappa shape index (κ3) is 3.86. The van der Waals surface area contributed by atoms with Gasteiger partial charge in [-0.2, -0.15) is 5.10 Å². The first kappa shape index (κ1) is 17.8. The molecule has 0 saturated carbocycles. The maximum Gasteiger partial charge on any atom is 0.253 e. The Labute approximate surface area is 145 Å². The van der Waals surface area contributed by atoms with E-state index in [1.165, 1.54) is 0 Å². The minimum Gasteiger partial charge on any atom is -0.375 e. The van der Waals surface area contributed by atoms with E-state index in [1.54, 1.807) is 29.9 Å². The summed E-state index contributed by atoms with van der Waals surface area (Å²) in [7, 11) is 3.36. The molecule has 2 aromatic rings. The summed E-state index contributed by atoms with van der Waals surface area (Å²) in [5.74, 6) is -0.495. The number of rotatable bonds is 5. The second-order valence-corrected chi connectivity index (χ2v) is 5.78. The van der Waals surface area contributed by atoms with Crippen molar-refractivity contribution < 1.29 is 9.59 Å². The van der Waals surface area contributed by atoms with Gasteiger partial charge in [-0.1, -0.05) is 11.6 Å². The average Bonchev–Trinajstić information content (AvgIpc) is 2.78. The first-order chi connectivity index (χ1) is 11.3. The lowest BCUT2D eigenvalue weighted by atomic mass is 10.1. The zero-order valence-electron chi connectivity index (χ0n) is 14.0. The summed E-state index contributed by atoms with van der Waals surface area (Å²) in [4.78, 5) is 24.1. The van der Waals surface area contributed by atoms with Gasteiger partial charge < -0.3 is 16.0 Å². The molecule has 0 aliphatic carbocycles. The zero-order valence-corrected chi connectivity index (χ0v) is 14.8. The predicted molar refractivity (Wildman–Crippen MR) is 94.6 cm³/mol. The van der Waals surface area contributed by atoms with Crippen molar-refractivity contribution in [2.24, 2.45) is 7.05 Å². The van der Waals surface area contributed by atoms with E-state index in [1.807, 2.05) is 20.9 Å². The van der Waals surface area contributed by atoms with E-state index < -0.39 is 0 Å². The summed E-state index contributed by atoms with van der Waals surface area (Å²) in [6, 6.07) is 4.84. The fourth-order valence-electron chi connectivity index (χ4n) is 2.31. The van der Waals surface area contributed by atoms with Gasteiger partial charge in [0.05, 0.1) is 29.2 Å². The lowest BCUT2D eigenvalue weighted by molar-refractivity contribution is -0.114. The maximum absolute atomic E-state index is 12.2. The Balaban J connectivity index is 2.09. The molecule has 0 fully saturated rings. The summed E-state index contributed by atoms with van der Waals surface area (Å²) in [6.07, 6.45) is 0. The van der Waals surface area contributed by atoms with Crippen LogP contribution in [0.5, 0.6) is 0 Å². The highest BCUT2D eigenvalue weighted by Gasteiger charge is 2.14. The van der Waals surface area contributed by atoms with Gasteiger partial charge in [0, 0.05) is 24.8 Å². The number of hydrogen-bond acceptors (Lipinski definition) is 4. The van der Waals surface area contributed by atoms with Gasteiger partial charge in [-0.15, -0.1) is 0 Å². The summed E-state index contributed by atoms with van der Waals surface area (Å²) in [5, 5.41) is 13.1. The molecule has 7 nitrogen and oxygen atoms in total. The third-order valence-electron chi connectivity index (χ3n) is 3.67. The number of nitrogens with zero attached hydrogens (tertiary/aromatic N) is 2. The first-order valence-corrected chi connectivity index (χ1v) is 7.76. The van der Waals surface area contributed by atoms with Crippen molar-refractivity contribution in [3.63, 3.8) is 0 Å². The molecule has 0 spiro atoms. The molecule has 0 unspecified atom stereocenters. The number of carbonyl (C=O) groups is 2. The van der Waals surface area contributed by atoms with Gasteiger partial charge in [-0.25, -0.2) is 0 Å². The van der Waals surface area contributed by atoms with Crippen LogP contribution in [0.4, 0.5) is 11.4 Å². The van der Waals surface area contributed by atoms with Crippen LogP contribution < -0.4 is 16.0 Å². The normalized spacial score (nSPS) is 10.4. The summed E-state index contributed by atoms with van der Waals surface area (Å²) in [6.45, 7) is 3.71. The zero-order chi connectivity index (χ0) is 17.9. The molecule has 2 rings (SSSR count). The number of anilines is 2. The summed E-state index contributed by atoms with van der Waals surface area (Å²) < 4.78 is 1.71. The van der Waals surface area contributed by atoms with Gasteiger partial charge in [-0.05, 0) is 32.0 Å². The Hall–Kier alpha value is -2.54. The van der Waals surface area contributed by atoms with Gasteiger partial charge >= 0.3 is 0 Å². The quantitative estimate of drug-likeness (QED) is 0.771. The maximum atomic E-state index is 12.2. The Morgan fingerprint density at radius 1 is 1.29 bits per heavy atom. The number of amides is 2. The molecule has 0 radical (unpaired) electrons. The van der Waals surface area contributed by atoms with Crippen LogP contribution in [-0.2, 0) is 11.8 Å². The fourth-order valence-corrected chi connectivity index (χ4v) is 2.48. The van der Waals surface area contributed by atoms with Crippen molar-refractivity contribution in [3.05, 3.63) is 40.2 Å². The molecule has 0 atom stereocenters. The van der Waals surface area contributed by atoms with Crippen molar-refractivity contribution in [2.75, 3.05) is 24.2 Å². The van der Waals surface area contributed by atoms with Gasteiger partial charge in [0.2, 0.25) is 5.91 Å². The summed E-state index contributed by atoms with van der Waals surface area (Å²) in [5.41, 5.74) is 3.23. The second kappa shape index (κ2) is 7.35. The standard InChI is InChI=1S/C16H20ClN5O2/c1-9-15(10(2)22(4)21-9)20-14(23)8-19-13-7-11(17)5-6-12(13)16(24)18-3/h5-7,19H,8H2,1-4H3,(H,18,24)(H,20,23). The predicted octanol–water partition coefficient (Wildman–Crippen LogP) is 2.10. The molecule has 1 aromatic carbocycles. The molecular weight excluding hydrogens is 330 g/mol. The molecule has 2 amide bonds. The number of nitrogens with one attached hydrogen (secondary N) is 3. The number of aromatic nitrogens is 2. The SMILES string of the molecule is CNC(=O)c1ccc(Cl)cc1NCC(=O)Nc1c(C)nn(C)c1C. The van der Waals surface area contributed by atoms with Crippen LogP contribution in [0.1, 0.15) is 21.7 Å². The van der Waals surface area contributed by atoms with Gasteiger partial charge in [0.25, 0.3) is 5.91 Å². The highest BCUT2D eigenvalue weighted by molar-refractivity contribution is 6.31. The molecule has 0 saturated heterocycles. The lowest BCUT2D eigenvalue weighted by Crippen LogP contribution is -2.25. The number of carbonyl (C=O) groups excluding carboxylic acids is 2. The summed E-state index contributed by atoms with van der Waals surface area (Å²) >= 11 is 5.97. The molecule has 128 valence electrons. The second-order valence-electron chi connectivity index (χ2n) is 5.34. The smallest absolute Gasteiger partial charge is 0.253 e. The van der Waals surface area contributed by atoms with Crippen LogP contribution in [-0.4, -0.2) is 35.2 Å². The third-order valence-corrected chi connectivity index (χ3v) is 3.90. The highest BCUT2D eigenvalue weighted by Crippen LogP contribution is 2.21. The number of benzene rings is 1. The molecular formula is C16H20ClN5O2. The Morgan fingerprint density at radius 2 is 2.00 bits per heavy atom. The van der Waals surface area contributed by atoms with Gasteiger partial charge in [0.1, 0.15) is 0 Å².